The summed E-state index contributed by atoms with van der Waals surface area (Å²) in [5.74, 6) is -2.94. The molecule has 15 heavy (non-hydrogen) atoms. The monoisotopic (exact) mass is 215 g/mol. The Morgan fingerprint density at radius 3 is 2.47 bits per heavy atom. The fourth-order valence-corrected chi connectivity index (χ4v) is 2.21. The van der Waals surface area contributed by atoms with Gasteiger partial charge in [-0.1, -0.05) is 6.92 Å². The molecule has 2 unspecified atom stereocenters. The summed E-state index contributed by atoms with van der Waals surface area (Å²) in [7, 11) is 0. The minimum atomic E-state index is -1.16. The van der Waals surface area contributed by atoms with Crippen molar-refractivity contribution in [2.24, 2.45) is 5.73 Å². The second-order valence-electron chi connectivity index (χ2n) is 4.07. The summed E-state index contributed by atoms with van der Waals surface area (Å²) in [6.07, 6.45) is 1.27. The Labute approximate surface area is 86.1 Å². The summed E-state index contributed by atoms with van der Waals surface area (Å²) < 4.78 is 39.9. The van der Waals surface area contributed by atoms with Crippen LogP contribution >= 0.6 is 0 Å². The van der Waals surface area contributed by atoms with Gasteiger partial charge in [-0.25, -0.2) is 13.2 Å². The highest BCUT2D eigenvalue weighted by molar-refractivity contribution is 5.37. The Morgan fingerprint density at radius 2 is 1.80 bits per heavy atom. The van der Waals surface area contributed by atoms with Gasteiger partial charge in [0.2, 0.25) is 0 Å². The lowest BCUT2D eigenvalue weighted by Gasteiger charge is -2.28. The molecule has 1 aromatic rings. The highest BCUT2D eigenvalue weighted by Crippen LogP contribution is 2.39. The van der Waals surface area contributed by atoms with Gasteiger partial charge in [0.1, 0.15) is 5.82 Å². The van der Waals surface area contributed by atoms with Crippen molar-refractivity contribution in [3.8, 4) is 0 Å². The van der Waals surface area contributed by atoms with Crippen LogP contribution in [-0.2, 0) is 0 Å². The third-order valence-corrected chi connectivity index (χ3v) is 3.02. The van der Waals surface area contributed by atoms with E-state index in [-0.39, 0.29) is 17.0 Å². The molecule has 0 spiro atoms. The van der Waals surface area contributed by atoms with E-state index in [2.05, 4.69) is 0 Å². The highest BCUT2D eigenvalue weighted by atomic mass is 19.2. The largest absolute Gasteiger partial charge is 0.324 e. The van der Waals surface area contributed by atoms with E-state index >= 15 is 0 Å². The maximum atomic E-state index is 13.5. The maximum Gasteiger partial charge on any atom is 0.164 e. The van der Waals surface area contributed by atoms with E-state index in [4.69, 9.17) is 5.73 Å². The average molecular weight is 215 g/mol. The molecule has 0 saturated carbocycles. The van der Waals surface area contributed by atoms with Crippen LogP contribution in [0.5, 0.6) is 0 Å². The molecule has 0 fully saturated rings. The molecule has 1 aliphatic carbocycles. The van der Waals surface area contributed by atoms with E-state index in [0.717, 1.165) is 0 Å². The van der Waals surface area contributed by atoms with Gasteiger partial charge in [0.25, 0.3) is 0 Å². The molecule has 0 amide bonds. The topological polar surface area (TPSA) is 26.0 Å². The Balaban J connectivity index is 2.71. The zero-order valence-corrected chi connectivity index (χ0v) is 8.36. The van der Waals surface area contributed by atoms with E-state index in [9.17, 15) is 13.2 Å². The Morgan fingerprint density at radius 1 is 1.13 bits per heavy atom. The van der Waals surface area contributed by atoms with Crippen molar-refractivity contribution in [1.29, 1.82) is 0 Å². The predicted molar refractivity (Wildman–Crippen MR) is 50.9 cm³/mol. The Bertz CT molecular complexity index is 403. The fraction of sp³-hybridized carbons (Fsp3) is 0.455. The molecule has 2 N–H and O–H groups in total. The van der Waals surface area contributed by atoms with Gasteiger partial charge < -0.3 is 5.73 Å². The third-order valence-electron chi connectivity index (χ3n) is 3.02. The minimum absolute atomic E-state index is 0.0197. The summed E-state index contributed by atoms with van der Waals surface area (Å²) in [6.45, 7) is 1.80. The van der Waals surface area contributed by atoms with Crippen molar-refractivity contribution in [3.05, 3.63) is 34.6 Å². The number of hydrogen-bond donors (Lipinski definition) is 1. The molecule has 0 saturated heterocycles. The first-order valence-electron chi connectivity index (χ1n) is 4.95. The average Bonchev–Trinajstić information content (AvgIpc) is 2.18. The van der Waals surface area contributed by atoms with Gasteiger partial charge in [-0.05, 0) is 24.3 Å². The molecule has 0 aromatic heterocycles. The standard InChI is InChI=1S/C11H12F3N/c1-5-2-3-8(15)10-9(5)6(12)4-7(13)11(10)14/h4-5,8H,2-3,15H2,1H3. The minimum Gasteiger partial charge on any atom is -0.324 e. The molecule has 1 nitrogen and oxygen atoms in total. The van der Waals surface area contributed by atoms with Gasteiger partial charge in [-0.3, -0.25) is 0 Å². The van der Waals surface area contributed by atoms with Crippen molar-refractivity contribution in [1.82, 2.24) is 0 Å². The summed E-state index contributed by atoms with van der Waals surface area (Å²) in [5, 5.41) is 0. The predicted octanol–water partition coefficient (Wildman–Crippen LogP) is 3.00. The molecule has 0 heterocycles. The maximum absolute atomic E-state index is 13.5. The summed E-state index contributed by atoms with van der Waals surface area (Å²) in [5.41, 5.74) is 5.94. The first kappa shape index (κ1) is 10.5. The first-order chi connectivity index (χ1) is 7.02. The van der Waals surface area contributed by atoms with Crippen LogP contribution in [0.15, 0.2) is 6.07 Å². The fourth-order valence-electron chi connectivity index (χ4n) is 2.21. The van der Waals surface area contributed by atoms with E-state index in [0.29, 0.717) is 18.9 Å². The molecule has 1 aromatic carbocycles. The van der Waals surface area contributed by atoms with Crippen molar-refractivity contribution < 1.29 is 13.2 Å². The summed E-state index contributed by atoms with van der Waals surface area (Å²) in [4.78, 5) is 0. The molecule has 2 atom stereocenters. The van der Waals surface area contributed by atoms with E-state index < -0.39 is 23.5 Å². The SMILES string of the molecule is CC1CCC(N)c2c(F)c(F)cc(F)c21. The molecule has 2 rings (SSSR count). The van der Waals surface area contributed by atoms with Crippen LogP contribution in [0.1, 0.15) is 42.9 Å². The van der Waals surface area contributed by atoms with Gasteiger partial charge in [0.05, 0.1) is 0 Å². The number of fused-ring (bicyclic) bond motifs is 1. The van der Waals surface area contributed by atoms with Gasteiger partial charge in [0.15, 0.2) is 11.6 Å². The van der Waals surface area contributed by atoms with Gasteiger partial charge in [0, 0.05) is 17.7 Å². The Kier molecular flexibility index (Phi) is 2.46. The van der Waals surface area contributed by atoms with E-state index in [1.165, 1.54) is 0 Å². The zero-order valence-electron chi connectivity index (χ0n) is 8.36. The molecule has 4 heteroatoms. The van der Waals surface area contributed by atoms with Crippen LogP contribution in [0, 0.1) is 17.5 Å². The van der Waals surface area contributed by atoms with Crippen LogP contribution in [0.4, 0.5) is 13.2 Å². The van der Waals surface area contributed by atoms with Crippen molar-refractivity contribution in [2.75, 3.05) is 0 Å². The first-order valence-corrected chi connectivity index (χ1v) is 4.95. The van der Waals surface area contributed by atoms with Crippen molar-refractivity contribution in [2.45, 2.75) is 31.7 Å². The summed E-state index contributed by atoms with van der Waals surface area (Å²) in [6, 6.07) is 0.00398. The Hall–Kier alpha value is -1.03. The number of hydrogen-bond acceptors (Lipinski definition) is 1. The molecule has 0 bridgehead atoms. The van der Waals surface area contributed by atoms with Crippen molar-refractivity contribution >= 4 is 0 Å². The van der Waals surface area contributed by atoms with Gasteiger partial charge >= 0.3 is 0 Å². The molecule has 82 valence electrons. The van der Waals surface area contributed by atoms with Gasteiger partial charge in [-0.15, -0.1) is 0 Å². The molecule has 1 aliphatic rings. The summed E-state index contributed by atoms with van der Waals surface area (Å²) >= 11 is 0. The van der Waals surface area contributed by atoms with Crippen LogP contribution in [0.2, 0.25) is 0 Å². The number of benzene rings is 1. The molecular weight excluding hydrogens is 203 g/mol. The van der Waals surface area contributed by atoms with E-state index in [1.54, 1.807) is 6.92 Å². The molecule has 0 radical (unpaired) electrons. The van der Waals surface area contributed by atoms with Gasteiger partial charge in [-0.2, -0.15) is 0 Å². The van der Waals surface area contributed by atoms with Crippen LogP contribution in [0.25, 0.3) is 0 Å². The normalized spacial score (nSPS) is 25.1. The highest BCUT2D eigenvalue weighted by Gasteiger charge is 2.30. The lowest BCUT2D eigenvalue weighted by molar-refractivity contribution is 0.424. The lowest BCUT2D eigenvalue weighted by Crippen LogP contribution is -2.23. The lowest BCUT2D eigenvalue weighted by atomic mass is 9.80. The molecule has 0 aliphatic heterocycles. The second kappa shape index (κ2) is 3.52. The molecular formula is C11H12F3N. The quantitative estimate of drug-likeness (QED) is 0.661. The third kappa shape index (κ3) is 1.53. The van der Waals surface area contributed by atoms with Crippen LogP contribution in [-0.4, -0.2) is 0 Å². The zero-order chi connectivity index (χ0) is 11.2. The second-order valence-corrected chi connectivity index (χ2v) is 4.07. The number of nitrogens with two attached hydrogens (primary N) is 1. The van der Waals surface area contributed by atoms with Crippen LogP contribution < -0.4 is 5.73 Å². The van der Waals surface area contributed by atoms with Crippen molar-refractivity contribution in [3.63, 3.8) is 0 Å². The smallest absolute Gasteiger partial charge is 0.164 e. The number of rotatable bonds is 0. The van der Waals surface area contributed by atoms with E-state index in [1.807, 2.05) is 0 Å². The number of halogens is 3. The van der Waals surface area contributed by atoms with Crippen LogP contribution in [0.3, 0.4) is 0 Å².